The van der Waals surface area contributed by atoms with E-state index in [4.69, 9.17) is 4.98 Å². The van der Waals surface area contributed by atoms with Crippen LogP contribution in [0.2, 0.25) is 0 Å². The number of ketones is 1. The molecule has 5 heteroatoms. The summed E-state index contributed by atoms with van der Waals surface area (Å²) in [6, 6.07) is 14.6. The first-order valence-corrected chi connectivity index (χ1v) is 10.6. The number of fused-ring (bicyclic) bond motifs is 2. The number of nitrogens with one attached hydrogen (secondary N) is 1. The number of carbonyl (C=O) groups is 1. The van der Waals surface area contributed by atoms with Gasteiger partial charge in [0, 0.05) is 38.2 Å². The first-order chi connectivity index (χ1) is 13.3. The van der Waals surface area contributed by atoms with Gasteiger partial charge >= 0.3 is 0 Å². The highest BCUT2D eigenvalue weighted by Gasteiger charge is 2.25. The summed E-state index contributed by atoms with van der Waals surface area (Å²) >= 11 is 1.70. The van der Waals surface area contributed by atoms with Crippen LogP contribution in [0.25, 0.3) is 10.2 Å². The molecule has 0 bridgehead atoms. The van der Waals surface area contributed by atoms with Gasteiger partial charge in [-0.25, -0.2) is 4.98 Å². The number of thiazole rings is 1. The number of aromatic nitrogens is 1. The largest absolute Gasteiger partial charge is 0.346 e. The van der Waals surface area contributed by atoms with E-state index in [9.17, 15) is 4.79 Å². The van der Waals surface area contributed by atoms with Crippen LogP contribution in [0.5, 0.6) is 0 Å². The fourth-order valence-electron chi connectivity index (χ4n) is 4.28. The van der Waals surface area contributed by atoms with Gasteiger partial charge in [0.05, 0.1) is 10.2 Å². The molecule has 5 rings (SSSR count). The fraction of sp³-hybridized carbons (Fsp3) is 0.364. The Bertz CT molecular complexity index is 990. The van der Waals surface area contributed by atoms with Crippen LogP contribution in [0.1, 0.15) is 40.2 Å². The van der Waals surface area contributed by atoms with E-state index < -0.39 is 0 Å². The van der Waals surface area contributed by atoms with E-state index in [0.717, 1.165) is 59.9 Å². The molecule has 1 N–H and O–H groups in total. The number of nitrogens with zero attached hydrogens (tertiary/aromatic N) is 2. The minimum absolute atomic E-state index is 0.246. The summed E-state index contributed by atoms with van der Waals surface area (Å²) in [5.74, 6) is 0.609. The van der Waals surface area contributed by atoms with Crippen LogP contribution < -0.4 is 10.2 Å². The van der Waals surface area contributed by atoms with Gasteiger partial charge in [0.25, 0.3) is 0 Å². The van der Waals surface area contributed by atoms with E-state index in [0.29, 0.717) is 12.3 Å². The molecule has 3 aromatic rings. The molecule has 2 aliphatic rings. The van der Waals surface area contributed by atoms with Crippen LogP contribution in [-0.2, 0) is 6.42 Å². The quantitative estimate of drug-likeness (QED) is 0.698. The summed E-state index contributed by atoms with van der Waals surface area (Å²) in [5, 5.41) is 4.44. The molecule has 0 saturated carbocycles. The van der Waals surface area contributed by atoms with Crippen molar-refractivity contribution in [1.29, 1.82) is 0 Å². The number of carbonyl (C=O) groups excluding carboxylic acids is 1. The number of benzene rings is 2. The smallest absolute Gasteiger partial charge is 0.186 e. The second kappa shape index (κ2) is 7.06. The third kappa shape index (κ3) is 3.26. The van der Waals surface area contributed by atoms with E-state index in [2.05, 4.69) is 34.5 Å². The molecular weight excluding hydrogens is 354 g/mol. The van der Waals surface area contributed by atoms with E-state index in [-0.39, 0.29) is 5.78 Å². The van der Waals surface area contributed by atoms with Gasteiger partial charge in [0.1, 0.15) is 0 Å². The zero-order chi connectivity index (χ0) is 18.2. The van der Waals surface area contributed by atoms with Crippen molar-refractivity contribution in [3.05, 3.63) is 59.2 Å². The van der Waals surface area contributed by atoms with Crippen LogP contribution in [0, 0.1) is 0 Å². The summed E-state index contributed by atoms with van der Waals surface area (Å²) < 4.78 is 1.11. The van der Waals surface area contributed by atoms with Crippen molar-refractivity contribution in [3.8, 4) is 0 Å². The van der Waals surface area contributed by atoms with Crippen molar-refractivity contribution >= 4 is 32.5 Å². The summed E-state index contributed by atoms with van der Waals surface area (Å²) in [4.78, 5) is 20.0. The van der Waals surface area contributed by atoms with Crippen molar-refractivity contribution < 1.29 is 4.79 Å². The third-order valence-electron chi connectivity index (χ3n) is 5.78. The minimum Gasteiger partial charge on any atom is -0.346 e. The fourth-order valence-corrected chi connectivity index (χ4v) is 5.33. The standard InChI is InChI=1S/C22H23N3OS/c26-20(13-16-6-5-15-3-1-2-4-18(15)16)17-7-8-19-21(14-17)27-22(24-19)25-11-9-23-10-12-25/h1-4,7-8,14,16,23H,5-6,9-13H2/t16-/m1/s1. The maximum Gasteiger partial charge on any atom is 0.186 e. The molecule has 1 fully saturated rings. The second-order valence-electron chi connectivity index (χ2n) is 7.48. The lowest BCUT2D eigenvalue weighted by molar-refractivity contribution is 0.0973. The predicted octanol–water partition coefficient (Wildman–Crippen LogP) is 4.01. The van der Waals surface area contributed by atoms with Gasteiger partial charge in [0.15, 0.2) is 10.9 Å². The molecule has 0 amide bonds. The lowest BCUT2D eigenvalue weighted by atomic mass is 9.93. The van der Waals surface area contributed by atoms with Crippen LogP contribution >= 0.6 is 11.3 Å². The summed E-state index contributed by atoms with van der Waals surface area (Å²) in [6.45, 7) is 3.99. The van der Waals surface area contributed by atoms with Crippen LogP contribution in [0.15, 0.2) is 42.5 Å². The second-order valence-corrected chi connectivity index (χ2v) is 8.49. The average molecular weight is 378 g/mol. The maximum absolute atomic E-state index is 12.9. The van der Waals surface area contributed by atoms with Crippen molar-refractivity contribution in [2.45, 2.75) is 25.2 Å². The molecule has 2 aromatic carbocycles. The normalized spacial score (nSPS) is 19.4. The van der Waals surface area contributed by atoms with Crippen LogP contribution in [-0.4, -0.2) is 36.9 Å². The SMILES string of the molecule is O=C(C[C@H]1CCc2ccccc21)c1ccc2nc(N3CCNCC3)sc2c1. The Morgan fingerprint density at radius 2 is 2.04 bits per heavy atom. The zero-order valence-electron chi connectivity index (χ0n) is 15.3. The Hall–Kier alpha value is -2.24. The zero-order valence-corrected chi connectivity index (χ0v) is 16.1. The average Bonchev–Trinajstić information content (AvgIpc) is 3.32. The Morgan fingerprint density at radius 1 is 1.19 bits per heavy atom. The molecular formula is C22H23N3OS. The predicted molar refractivity (Wildman–Crippen MR) is 111 cm³/mol. The number of hydrogen-bond donors (Lipinski definition) is 1. The van der Waals surface area contributed by atoms with Gasteiger partial charge in [0.2, 0.25) is 0 Å². The lowest BCUT2D eigenvalue weighted by Gasteiger charge is -2.26. The minimum atomic E-state index is 0.246. The number of rotatable bonds is 4. The highest BCUT2D eigenvalue weighted by Crippen LogP contribution is 2.36. The first-order valence-electron chi connectivity index (χ1n) is 9.75. The Labute approximate surface area is 163 Å². The van der Waals surface area contributed by atoms with E-state index in [1.54, 1.807) is 11.3 Å². The molecule has 1 atom stereocenters. The molecule has 27 heavy (non-hydrogen) atoms. The number of piperazine rings is 1. The molecule has 138 valence electrons. The van der Waals surface area contributed by atoms with Gasteiger partial charge in [-0.15, -0.1) is 0 Å². The van der Waals surface area contributed by atoms with E-state index in [1.807, 2.05) is 18.2 Å². The maximum atomic E-state index is 12.9. The molecule has 1 aliphatic heterocycles. The Kier molecular flexibility index (Phi) is 4.42. The summed E-state index contributed by atoms with van der Waals surface area (Å²) in [7, 11) is 0. The monoisotopic (exact) mass is 377 g/mol. The Balaban J connectivity index is 1.36. The number of aryl methyl sites for hydroxylation is 1. The number of hydrogen-bond acceptors (Lipinski definition) is 5. The molecule has 4 nitrogen and oxygen atoms in total. The van der Waals surface area contributed by atoms with Crippen molar-refractivity contribution in [1.82, 2.24) is 10.3 Å². The molecule has 1 aliphatic carbocycles. The highest BCUT2D eigenvalue weighted by atomic mass is 32.1. The van der Waals surface area contributed by atoms with Crippen molar-refractivity contribution in [2.75, 3.05) is 31.1 Å². The van der Waals surface area contributed by atoms with Gasteiger partial charge < -0.3 is 10.2 Å². The number of anilines is 1. The van der Waals surface area contributed by atoms with Crippen LogP contribution in [0.3, 0.4) is 0 Å². The van der Waals surface area contributed by atoms with Gasteiger partial charge in [-0.1, -0.05) is 35.6 Å². The highest BCUT2D eigenvalue weighted by molar-refractivity contribution is 7.22. The van der Waals surface area contributed by atoms with Crippen molar-refractivity contribution in [2.24, 2.45) is 0 Å². The Morgan fingerprint density at radius 3 is 2.93 bits per heavy atom. The molecule has 2 heterocycles. The first kappa shape index (κ1) is 16.9. The van der Waals surface area contributed by atoms with Crippen LogP contribution in [0.4, 0.5) is 5.13 Å². The molecule has 0 unspecified atom stereocenters. The summed E-state index contributed by atoms with van der Waals surface area (Å²) in [6.07, 6.45) is 2.78. The van der Waals surface area contributed by atoms with Gasteiger partial charge in [-0.05, 0) is 48.1 Å². The van der Waals surface area contributed by atoms with Gasteiger partial charge in [-0.3, -0.25) is 4.79 Å². The number of Topliss-reactive ketones (excluding diaryl/α,β-unsaturated/α-hetero) is 1. The van der Waals surface area contributed by atoms with Crippen molar-refractivity contribution in [3.63, 3.8) is 0 Å². The molecule has 0 spiro atoms. The van der Waals surface area contributed by atoms with E-state index >= 15 is 0 Å². The lowest BCUT2D eigenvalue weighted by Crippen LogP contribution is -2.43. The van der Waals surface area contributed by atoms with E-state index in [1.165, 1.54) is 11.1 Å². The van der Waals surface area contributed by atoms with Gasteiger partial charge in [-0.2, -0.15) is 0 Å². The third-order valence-corrected chi connectivity index (χ3v) is 6.85. The topological polar surface area (TPSA) is 45.2 Å². The molecule has 1 saturated heterocycles. The molecule has 1 aromatic heterocycles. The molecule has 0 radical (unpaired) electrons. The summed E-state index contributed by atoms with van der Waals surface area (Å²) in [5.41, 5.74) is 4.60.